The van der Waals surface area contributed by atoms with Crippen LogP contribution in [0.5, 0.6) is 0 Å². The predicted molar refractivity (Wildman–Crippen MR) is 64.5 cm³/mol. The summed E-state index contributed by atoms with van der Waals surface area (Å²) < 4.78 is 5.73. The van der Waals surface area contributed by atoms with E-state index in [0.717, 1.165) is 26.0 Å². The van der Waals surface area contributed by atoms with Crippen molar-refractivity contribution in [3.05, 3.63) is 0 Å². The van der Waals surface area contributed by atoms with E-state index in [1.54, 1.807) is 0 Å². The molecule has 0 aromatic carbocycles. The van der Waals surface area contributed by atoms with E-state index in [1.165, 1.54) is 32.2 Å². The summed E-state index contributed by atoms with van der Waals surface area (Å²) in [6.07, 6.45) is 7.23. The van der Waals surface area contributed by atoms with E-state index in [9.17, 15) is 5.11 Å². The minimum Gasteiger partial charge on any atom is -0.393 e. The van der Waals surface area contributed by atoms with E-state index in [-0.39, 0.29) is 6.10 Å². The summed E-state index contributed by atoms with van der Waals surface area (Å²) in [6, 6.07) is 0.604. The van der Waals surface area contributed by atoms with Gasteiger partial charge in [-0.2, -0.15) is 0 Å². The third-order valence-corrected chi connectivity index (χ3v) is 3.95. The van der Waals surface area contributed by atoms with Crippen molar-refractivity contribution in [1.82, 2.24) is 4.90 Å². The average Bonchev–Trinajstić information content (AvgIpc) is 2.30. The Balaban J connectivity index is 1.83. The van der Waals surface area contributed by atoms with Crippen molar-refractivity contribution in [1.29, 1.82) is 0 Å². The van der Waals surface area contributed by atoms with Crippen LogP contribution >= 0.6 is 0 Å². The third-order valence-electron chi connectivity index (χ3n) is 3.95. The molecular weight excluding hydrogens is 202 g/mol. The van der Waals surface area contributed by atoms with Crippen LogP contribution in [0, 0.1) is 0 Å². The fourth-order valence-corrected chi connectivity index (χ4v) is 3.14. The van der Waals surface area contributed by atoms with E-state index >= 15 is 0 Å². The van der Waals surface area contributed by atoms with E-state index in [4.69, 9.17) is 4.74 Å². The van der Waals surface area contributed by atoms with Gasteiger partial charge in [0, 0.05) is 19.2 Å². The van der Waals surface area contributed by atoms with E-state index < -0.39 is 0 Å². The van der Waals surface area contributed by atoms with Crippen LogP contribution in [-0.4, -0.2) is 48.0 Å². The number of nitrogens with zero attached hydrogens (tertiary/aromatic N) is 1. The predicted octanol–water partition coefficient (Wildman–Crippen LogP) is 1.79. The number of hydrogen-bond donors (Lipinski definition) is 1. The summed E-state index contributed by atoms with van der Waals surface area (Å²) in [5.41, 5.74) is 0. The molecule has 1 aliphatic carbocycles. The second-order valence-electron chi connectivity index (χ2n) is 5.19. The lowest BCUT2D eigenvalue weighted by atomic mass is 9.90. The van der Waals surface area contributed by atoms with Gasteiger partial charge in [0.2, 0.25) is 0 Å². The second-order valence-corrected chi connectivity index (χ2v) is 5.19. The van der Waals surface area contributed by atoms with Crippen molar-refractivity contribution < 1.29 is 9.84 Å². The van der Waals surface area contributed by atoms with Crippen LogP contribution in [-0.2, 0) is 4.74 Å². The van der Waals surface area contributed by atoms with E-state index in [2.05, 4.69) is 11.8 Å². The zero-order chi connectivity index (χ0) is 11.4. The van der Waals surface area contributed by atoms with Crippen molar-refractivity contribution in [2.24, 2.45) is 0 Å². The first-order valence-corrected chi connectivity index (χ1v) is 6.83. The highest BCUT2D eigenvalue weighted by molar-refractivity contribution is 4.84. The first-order chi connectivity index (χ1) is 7.79. The lowest BCUT2D eigenvalue weighted by Gasteiger charge is -2.40. The number of aliphatic hydroxyl groups is 1. The van der Waals surface area contributed by atoms with Gasteiger partial charge in [0.25, 0.3) is 0 Å². The quantitative estimate of drug-likeness (QED) is 0.798. The maximum Gasteiger partial charge on any atom is 0.0702 e. The van der Waals surface area contributed by atoms with Crippen molar-refractivity contribution in [3.8, 4) is 0 Å². The Morgan fingerprint density at radius 1 is 1.25 bits per heavy atom. The number of likely N-dealkylation sites (tertiary alicyclic amines) is 1. The normalized spacial score (nSPS) is 37.5. The van der Waals surface area contributed by atoms with Gasteiger partial charge in [-0.25, -0.2) is 0 Å². The summed E-state index contributed by atoms with van der Waals surface area (Å²) in [4.78, 5) is 2.55. The first kappa shape index (κ1) is 12.3. The Hall–Kier alpha value is -0.120. The molecule has 2 rings (SSSR count). The molecule has 2 fully saturated rings. The molecule has 94 valence electrons. The van der Waals surface area contributed by atoms with E-state index in [1.807, 2.05) is 0 Å². The molecule has 0 bridgehead atoms. The van der Waals surface area contributed by atoms with Crippen LogP contribution in [0.1, 0.15) is 45.4 Å². The molecule has 0 spiro atoms. The molecule has 3 atom stereocenters. The Bertz CT molecular complexity index is 208. The van der Waals surface area contributed by atoms with Gasteiger partial charge < -0.3 is 9.84 Å². The van der Waals surface area contributed by atoms with Crippen molar-refractivity contribution in [2.75, 3.05) is 19.7 Å². The van der Waals surface area contributed by atoms with Gasteiger partial charge in [-0.1, -0.05) is 0 Å². The summed E-state index contributed by atoms with van der Waals surface area (Å²) in [5, 5.41) is 9.72. The Labute approximate surface area is 98.8 Å². The van der Waals surface area contributed by atoms with Crippen LogP contribution in [0.2, 0.25) is 0 Å². The molecule has 0 aromatic rings. The maximum absolute atomic E-state index is 9.72. The first-order valence-electron chi connectivity index (χ1n) is 6.83. The third kappa shape index (κ3) is 3.19. The molecule has 1 heterocycles. The molecule has 3 unspecified atom stereocenters. The van der Waals surface area contributed by atoms with Gasteiger partial charge in [0.05, 0.1) is 12.2 Å². The lowest BCUT2D eigenvalue weighted by Crippen LogP contribution is -2.47. The average molecular weight is 227 g/mol. The molecule has 1 aliphatic heterocycles. The zero-order valence-electron chi connectivity index (χ0n) is 10.4. The van der Waals surface area contributed by atoms with Crippen LogP contribution in [0.4, 0.5) is 0 Å². The smallest absolute Gasteiger partial charge is 0.0702 e. The van der Waals surface area contributed by atoms with Crippen LogP contribution < -0.4 is 0 Å². The van der Waals surface area contributed by atoms with Crippen LogP contribution in [0.15, 0.2) is 0 Å². The number of ether oxygens (including phenoxy) is 1. The Morgan fingerprint density at radius 2 is 2.12 bits per heavy atom. The molecule has 2 aliphatic rings. The number of aliphatic hydroxyl groups excluding tert-OH is 1. The molecule has 1 N–H and O–H groups in total. The largest absolute Gasteiger partial charge is 0.393 e. The highest BCUT2D eigenvalue weighted by atomic mass is 16.5. The molecular formula is C13H25NO2. The van der Waals surface area contributed by atoms with Gasteiger partial charge >= 0.3 is 0 Å². The van der Waals surface area contributed by atoms with Gasteiger partial charge in [-0.15, -0.1) is 0 Å². The van der Waals surface area contributed by atoms with Crippen LogP contribution in [0.25, 0.3) is 0 Å². The molecule has 0 amide bonds. The highest BCUT2D eigenvalue weighted by Crippen LogP contribution is 2.26. The molecule has 0 radical (unpaired) electrons. The Kier molecular flexibility index (Phi) is 4.62. The molecule has 0 aromatic heterocycles. The zero-order valence-corrected chi connectivity index (χ0v) is 10.4. The standard InChI is InChI=1S/C13H25NO2/c1-2-16-13-7-4-8-14(10-13)11-5-3-6-12(15)9-11/h11-13,15H,2-10H2,1H3. The Morgan fingerprint density at radius 3 is 2.88 bits per heavy atom. The SMILES string of the molecule is CCOC1CCCN(C2CCCC(O)C2)C1. The second kappa shape index (κ2) is 5.99. The lowest BCUT2D eigenvalue weighted by molar-refractivity contribution is -0.0237. The number of piperidine rings is 1. The number of rotatable bonds is 3. The molecule has 1 saturated carbocycles. The molecule has 1 saturated heterocycles. The summed E-state index contributed by atoms with van der Waals surface area (Å²) in [7, 11) is 0. The van der Waals surface area contributed by atoms with Crippen LogP contribution in [0.3, 0.4) is 0 Å². The maximum atomic E-state index is 9.72. The highest BCUT2D eigenvalue weighted by Gasteiger charge is 2.29. The minimum absolute atomic E-state index is 0.0637. The minimum atomic E-state index is -0.0637. The van der Waals surface area contributed by atoms with Crippen molar-refractivity contribution in [2.45, 2.75) is 63.7 Å². The van der Waals surface area contributed by atoms with E-state index in [0.29, 0.717) is 12.1 Å². The van der Waals surface area contributed by atoms with Crippen molar-refractivity contribution >= 4 is 0 Å². The van der Waals surface area contributed by atoms with Gasteiger partial charge in [-0.3, -0.25) is 4.90 Å². The van der Waals surface area contributed by atoms with Crippen molar-refractivity contribution in [3.63, 3.8) is 0 Å². The topological polar surface area (TPSA) is 32.7 Å². The molecule has 3 heteroatoms. The van der Waals surface area contributed by atoms with Gasteiger partial charge in [0.15, 0.2) is 0 Å². The number of hydrogen-bond acceptors (Lipinski definition) is 3. The van der Waals surface area contributed by atoms with Gasteiger partial charge in [-0.05, 0) is 52.0 Å². The molecule has 16 heavy (non-hydrogen) atoms. The fraction of sp³-hybridized carbons (Fsp3) is 1.00. The summed E-state index contributed by atoms with van der Waals surface area (Å²) >= 11 is 0. The molecule has 3 nitrogen and oxygen atoms in total. The monoisotopic (exact) mass is 227 g/mol. The summed E-state index contributed by atoms with van der Waals surface area (Å²) in [6.45, 7) is 5.17. The fourth-order valence-electron chi connectivity index (χ4n) is 3.14. The summed E-state index contributed by atoms with van der Waals surface area (Å²) in [5.74, 6) is 0. The van der Waals surface area contributed by atoms with Gasteiger partial charge in [0.1, 0.15) is 0 Å².